The number of furan rings is 1. The largest absolute Gasteiger partial charge is 0.455 e. The Labute approximate surface area is 187 Å². The van der Waals surface area contributed by atoms with Crippen LogP contribution in [0.2, 0.25) is 0 Å². The highest BCUT2D eigenvalue weighted by molar-refractivity contribution is 9.10. The van der Waals surface area contributed by atoms with Gasteiger partial charge in [0.15, 0.2) is 5.78 Å². The van der Waals surface area contributed by atoms with Gasteiger partial charge in [0, 0.05) is 22.0 Å². The molecule has 2 aromatic heterocycles. The van der Waals surface area contributed by atoms with Gasteiger partial charge in [-0.05, 0) is 43.7 Å². The number of ketones is 1. The molecule has 0 saturated heterocycles. The molecule has 0 amide bonds. The number of halogens is 1. The zero-order valence-electron chi connectivity index (χ0n) is 17.1. The van der Waals surface area contributed by atoms with Crippen molar-refractivity contribution >= 4 is 38.8 Å². The van der Waals surface area contributed by atoms with E-state index in [1.807, 2.05) is 37.3 Å². The summed E-state index contributed by atoms with van der Waals surface area (Å²) in [6.45, 7) is 3.56. The molecule has 0 N–H and O–H groups in total. The Bertz CT molecular complexity index is 1350. The summed E-state index contributed by atoms with van der Waals surface area (Å²) >= 11 is 3.41. The number of carbonyl (C=O) groups is 1. The summed E-state index contributed by atoms with van der Waals surface area (Å²) in [7, 11) is 0. The van der Waals surface area contributed by atoms with Crippen molar-refractivity contribution in [2.75, 3.05) is 0 Å². The van der Waals surface area contributed by atoms with Crippen molar-refractivity contribution in [2.45, 2.75) is 26.7 Å². The van der Waals surface area contributed by atoms with Gasteiger partial charge in [-0.3, -0.25) is 9.59 Å². The fraction of sp³-hybridized carbons (Fsp3) is 0.167. The molecule has 7 heteroatoms. The highest BCUT2D eigenvalue weighted by atomic mass is 79.9. The number of fused-ring (bicyclic) bond motifs is 1. The normalized spacial score (nSPS) is 11.5. The van der Waals surface area contributed by atoms with Crippen LogP contribution in [0.5, 0.6) is 0 Å². The summed E-state index contributed by atoms with van der Waals surface area (Å²) < 4.78 is 8.01. The standard InChI is InChI=1S/C24H20BrN3O3/c1-3-4-23-27-21-11-9-18(25)13-20(21)24(30)28(23)26-14-19-10-12-22(31-19)17-7-5-16(6-8-17)15(2)29/h5-14H,3-4H2,1-2H3. The van der Waals surface area contributed by atoms with E-state index in [4.69, 9.17) is 4.42 Å². The highest BCUT2D eigenvalue weighted by Gasteiger charge is 2.11. The molecule has 31 heavy (non-hydrogen) atoms. The molecule has 0 aliphatic carbocycles. The first kappa shape index (κ1) is 20.9. The third-order valence-electron chi connectivity index (χ3n) is 4.85. The predicted octanol–water partition coefficient (Wildman–Crippen LogP) is 5.46. The fourth-order valence-corrected chi connectivity index (χ4v) is 3.62. The first-order valence-corrected chi connectivity index (χ1v) is 10.7. The minimum absolute atomic E-state index is 0.0168. The molecule has 0 fully saturated rings. The average molecular weight is 478 g/mol. The number of Topliss-reactive ketones (excluding diaryl/α,β-unsaturated/α-hetero) is 1. The molecular weight excluding hydrogens is 458 g/mol. The Kier molecular flexibility index (Phi) is 5.95. The van der Waals surface area contributed by atoms with Crippen molar-refractivity contribution in [1.82, 2.24) is 9.66 Å². The molecule has 0 aliphatic heterocycles. The van der Waals surface area contributed by atoms with Gasteiger partial charge in [0.1, 0.15) is 17.3 Å². The van der Waals surface area contributed by atoms with Gasteiger partial charge in [-0.1, -0.05) is 47.1 Å². The molecule has 4 aromatic rings. The quantitative estimate of drug-likeness (QED) is 0.273. The summed E-state index contributed by atoms with van der Waals surface area (Å²) in [6.07, 6.45) is 2.98. The molecule has 0 spiro atoms. The maximum atomic E-state index is 13.0. The number of aryl methyl sites for hydroxylation is 1. The zero-order valence-corrected chi connectivity index (χ0v) is 18.7. The van der Waals surface area contributed by atoms with E-state index in [1.165, 1.54) is 17.8 Å². The number of benzene rings is 2. The summed E-state index contributed by atoms with van der Waals surface area (Å²) in [4.78, 5) is 29.1. The lowest BCUT2D eigenvalue weighted by Gasteiger charge is -2.08. The van der Waals surface area contributed by atoms with E-state index in [1.54, 1.807) is 24.3 Å². The van der Waals surface area contributed by atoms with Crippen LogP contribution in [0, 0.1) is 0 Å². The molecule has 0 radical (unpaired) electrons. The van der Waals surface area contributed by atoms with E-state index >= 15 is 0 Å². The van der Waals surface area contributed by atoms with Gasteiger partial charge >= 0.3 is 0 Å². The molecule has 0 bridgehead atoms. The number of carbonyl (C=O) groups excluding carboxylic acids is 1. The highest BCUT2D eigenvalue weighted by Crippen LogP contribution is 2.22. The lowest BCUT2D eigenvalue weighted by atomic mass is 10.1. The van der Waals surface area contributed by atoms with Crippen LogP contribution in [-0.2, 0) is 6.42 Å². The van der Waals surface area contributed by atoms with E-state index in [0.717, 1.165) is 16.5 Å². The van der Waals surface area contributed by atoms with Crippen molar-refractivity contribution in [2.24, 2.45) is 5.10 Å². The third-order valence-corrected chi connectivity index (χ3v) is 5.35. The molecule has 0 unspecified atom stereocenters. The second-order valence-corrected chi connectivity index (χ2v) is 8.05. The molecule has 6 nitrogen and oxygen atoms in total. The predicted molar refractivity (Wildman–Crippen MR) is 125 cm³/mol. The minimum Gasteiger partial charge on any atom is -0.455 e. The molecule has 0 saturated carbocycles. The van der Waals surface area contributed by atoms with Gasteiger partial charge in [-0.15, -0.1) is 0 Å². The van der Waals surface area contributed by atoms with Crippen LogP contribution in [0.3, 0.4) is 0 Å². The van der Waals surface area contributed by atoms with Crippen LogP contribution in [-0.4, -0.2) is 21.7 Å². The Morgan fingerprint density at radius 1 is 1.16 bits per heavy atom. The molecule has 2 aromatic carbocycles. The Morgan fingerprint density at radius 2 is 1.94 bits per heavy atom. The minimum atomic E-state index is -0.224. The SMILES string of the molecule is CCCc1nc2ccc(Br)cc2c(=O)n1N=Cc1ccc(-c2ccc(C(C)=O)cc2)o1. The third kappa shape index (κ3) is 4.41. The number of hydrogen-bond acceptors (Lipinski definition) is 5. The first-order valence-electron chi connectivity index (χ1n) is 9.93. The van der Waals surface area contributed by atoms with Crippen LogP contribution in [0.15, 0.2) is 73.4 Å². The summed E-state index contributed by atoms with van der Waals surface area (Å²) in [5, 5.41) is 4.88. The molecule has 0 aliphatic rings. The summed E-state index contributed by atoms with van der Waals surface area (Å²) in [6, 6.07) is 16.3. The van der Waals surface area contributed by atoms with Gasteiger partial charge in [0.25, 0.3) is 5.56 Å². The maximum Gasteiger partial charge on any atom is 0.282 e. The van der Waals surface area contributed by atoms with E-state index in [-0.39, 0.29) is 11.3 Å². The number of hydrogen-bond donors (Lipinski definition) is 0. The Morgan fingerprint density at radius 3 is 2.65 bits per heavy atom. The van der Waals surface area contributed by atoms with Crippen LogP contribution in [0.25, 0.3) is 22.2 Å². The van der Waals surface area contributed by atoms with Crippen LogP contribution >= 0.6 is 15.9 Å². The number of rotatable bonds is 6. The van der Waals surface area contributed by atoms with Crippen molar-refractivity contribution in [1.29, 1.82) is 0 Å². The average Bonchev–Trinajstić information content (AvgIpc) is 3.23. The van der Waals surface area contributed by atoms with Crippen LogP contribution < -0.4 is 5.56 Å². The summed E-state index contributed by atoms with van der Waals surface area (Å²) in [5.74, 6) is 1.78. The van der Waals surface area contributed by atoms with Crippen molar-refractivity contribution in [3.8, 4) is 11.3 Å². The van der Waals surface area contributed by atoms with E-state index in [0.29, 0.717) is 40.2 Å². The maximum absolute atomic E-state index is 13.0. The smallest absolute Gasteiger partial charge is 0.282 e. The number of nitrogens with zero attached hydrogens (tertiary/aromatic N) is 3. The van der Waals surface area contributed by atoms with E-state index in [2.05, 4.69) is 26.0 Å². The zero-order chi connectivity index (χ0) is 22.0. The monoisotopic (exact) mass is 477 g/mol. The van der Waals surface area contributed by atoms with Crippen molar-refractivity contribution in [3.63, 3.8) is 0 Å². The second kappa shape index (κ2) is 8.81. The van der Waals surface area contributed by atoms with Crippen molar-refractivity contribution < 1.29 is 9.21 Å². The molecule has 156 valence electrons. The van der Waals surface area contributed by atoms with E-state index in [9.17, 15) is 9.59 Å². The van der Waals surface area contributed by atoms with Gasteiger partial charge in [0.05, 0.1) is 17.1 Å². The second-order valence-electron chi connectivity index (χ2n) is 7.14. The summed E-state index contributed by atoms with van der Waals surface area (Å²) in [5.41, 5.74) is 1.93. The topological polar surface area (TPSA) is 77.5 Å². The van der Waals surface area contributed by atoms with Gasteiger partial charge in [-0.2, -0.15) is 9.78 Å². The lowest BCUT2D eigenvalue weighted by Crippen LogP contribution is -2.22. The van der Waals surface area contributed by atoms with Gasteiger partial charge < -0.3 is 4.42 Å². The fourth-order valence-electron chi connectivity index (χ4n) is 3.26. The molecular formula is C24H20BrN3O3. The number of aromatic nitrogens is 2. The van der Waals surface area contributed by atoms with Gasteiger partial charge in [-0.25, -0.2) is 4.98 Å². The molecule has 4 rings (SSSR count). The van der Waals surface area contributed by atoms with Gasteiger partial charge in [0.2, 0.25) is 0 Å². The Hall–Kier alpha value is -3.32. The first-order chi connectivity index (χ1) is 15.0. The molecule has 2 heterocycles. The lowest BCUT2D eigenvalue weighted by molar-refractivity contribution is 0.101. The van der Waals surface area contributed by atoms with Crippen LogP contribution in [0.4, 0.5) is 0 Å². The van der Waals surface area contributed by atoms with Crippen molar-refractivity contribution in [3.05, 3.63) is 86.6 Å². The Balaban J connectivity index is 1.68. The van der Waals surface area contributed by atoms with Crippen LogP contribution in [0.1, 0.15) is 42.2 Å². The molecule has 0 atom stereocenters. The van der Waals surface area contributed by atoms with E-state index < -0.39 is 0 Å².